The molecule has 8 heteroatoms. The maximum atomic E-state index is 10.8. The molecule has 17 heavy (non-hydrogen) atoms. The third kappa shape index (κ3) is 3.31. The molecule has 0 heterocycles. The van der Waals surface area contributed by atoms with Gasteiger partial charge in [0.15, 0.2) is 5.03 Å². The van der Waals surface area contributed by atoms with Crippen LogP contribution in [0.25, 0.3) is 0 Å². The molecule has 0 radical (unpaired) electrons. The van der Waals surface area contributed by atoms with Crippen molar-refractivity contribution in [2.75, 3.05) is 0 Å². The lowest BCUT2D eigenvalue weighted by Crippen LogP contribution is -2.50. The van der Waals surface area contributed by atoms with E-state index in [4.69, 9.17) is 16.1 Å². The first kappa shape index (κ1) is 12.7. The van der Waals surface area contributed by atoms with Crippen LogP contribution in [0, 0.1) is 10.1 Å². The second kappa shape index (κ2) is 5.12. The Morgan fingerprint density at radius 2 is 2.00 bits per heavy atom. The van der Waals surface area contributed by atoms with Gasteiger partial charge in [0.1, 0.15) is 5.75 Å². The Morgan fingerprint density at radius 1 is 1.47 bits per heavy atom. The third-order valence-electron chi connectivity index (χ3n) is 2.16. The Morgan fingerprint density at radius 3 is 2.41 bits per heavy atom. The average Bonchev–Trinajstić information content (AvgIpc) is 2.26. The highest BCUT2D eigenvalue weighted by Crippen LogP contribution is 2.12. The van der Waals surface area contributed by atoms with E-state index in [2.05, 4.69) is 0 Å². The van der Waals surface area contributed by atoms with Gasteiger partial charge in [0.25, 0.3) is 0 Å². The Hall–Kier alpha value is -2.35. The number of hydrogen-bond acceptors (Lipinski definition) is 5. The lowest BCUT2D eigenvalue weighted by molar-refractivity contribution is -0.664. The summed E-state index contributed by atoms with van der Waals surface area (Å²) in [6.07, 6.45) is -0.132. The summed E-state index contributed by atoms with van der Waals surface area (Å²) in [4.78, 5) is 21.2. The first-order chi connectivity index (χ1) is 7.91. The van der Waals surface area contributed by atoms with Crippen molar-refractivity contribution in [1.82, 2.24) is 5.12 Å². The van der Waals surface area contributed by atoms with Gasteiger partial charge in [-0.3, -0.25) is 0 Å². The molecule has 0 saturated carbocycles. The molecule has 1 atom stereocenters. The maximum Gasteiger partial charge on any atom is 0.334 e. The van der Waals surface area contributed by atoms with E-state index in [-0.39, 0.29) is 17.3 Å². The van der Waals surface area contributed by atoms with E-state index in [0.717, 1.165) is 0 Å². The van der Waals surface area contributed by atoms with Gasteiger partial charge in [-0.05, 0) is 22.8 Å². The van der Waals surface area contributed by atoms with Crippen LogP contribution in [0.3, 0.4) is 0 Å². The molecule has 0 fully saturated rings. The number of carboxylic acid groups (broad SMARTS) is 1. The fraction of sp³-hybridized carbons (Fsp3) is 0.222. The normalized spacial score (nSPS) is 11.8. The molecule has 4 N–H and O–H groups in total. The number of carboxylic acids is 1. The molecule has 0 aliphatic carbocycles. The molecule has 0 aromatic heterocycles. The molecule has 0 aliphatic rings. The molecular weight excluding hydrogens is 230 g/mol. The maximum absolute atomic E-state index is 10.8. The van der Waals surface area contributed by atoms with Gasteiger partial charge in [0, 0.05) is 6.42 Å². The van der Waals surface area contributed by atoms with Crippen LogP contribution in [0.5, 0.6) is 5.75 Å². The number of phenols is 1. The number of aliphatic carboxylic acids is 1. The van der Waals surface area contributed by atoms with Crippen LogP contribution in [0.2, 0.25) is 0 Å². The molecule has 0 aliphatic heterocycles. The van der Waals surface area contributed by atoms with Crippen molar-refractivity contribution in [3.63, 3.8) is 0 Å². The molecule has 92 valence electrons. The zero-order valence-corrected chi connectivity index (χ0v) is 8.68. The fourth-order valence-electron chi connectivity index (χ4n) is 1.26. The monoisotopic (exact) mass is 241 g/mol. The zero-order chi connectivity index (χ0) is 13.0. The first-order valence-corrected chi connectivity index (χ1v) is 4.60. The fourth-order valence-corrected chi connectivity index (χ4v) is 1.26. The number of nitrogens with two attached hydrogens (primary N) is 1. The van der Waals surface area contributed by atoms with E-state index in [1.165, 1.54) is 24.3 Å². The number of carbonyl (C=O) groups is 1. The zero-order valence-electron chi connectivity index (χ0n) is 8.68. The SMILES string of the molecule is NN([C@@H](Cc1ccc(O)cc1)C(=O)O)[N+](=O)[O-]. The lowest BCUT2D eigenvalue weighted by atomic mass is 10.1. The van der Waals surface area contributed by atoms with Gasteiger partial charge in [-0.25, -0.2) is 14.9 Å². The number of phenolic OH excluding ortho intramolecular Hbond substituents is 1. The highest BCUT2D eigenvalue weighted by molar-refractivity contribution is 5.73. The summed E-state index contributed by atoms with van der Waals surface area (Å²) in [5.41, 5.74) is 0.521. The minimum absolute atomic E-state index is 0.0273. The van der Waals surface area contributed by atoms with Crippen LogP contribution in [0.15, 0.2) is 24.3 Å². The Labute approximate surface area is 96.0 Å². The highest BCUT2D eigenvalue weighted by atomic mass is 16.7. The molecule has 1 rings (SSSR count). The van der Waals surface area contributed by atoms with Crippen LogP contribution in [0.1, 0.15) is 5.56 Å². The standard InChI is InChI=1S/C9H11N3O5/c10-11(12(16)17)8(9(14)15)5-6-1-3-7(13)4-2-6/h1-4,8,13H,5,10H2,(H,14,15)/t8-/m0/s1. The molecule has 8 nitrogen and oxygen atoms in total. The Balaban J connectivity index is 2.84. The second-order valence-electron chi connectivity index (χ2n) is 3.34. The first-order valence-electron chi connectivity index (χ1n) is 4.60. The van der Waals surface area contributed by atoms with Crippen molar-refractivity contribution in [1.29, 1.82) is 0 Å². The average molecular weight is 241 g/mol. The molecule has 1 aromatic carbocycles. The van der Waals surface area contributed by atoms with Crippen LogP contribution >= 0.6 is 0 Å². The van der Waals surface area contributed by atoms with Crippen molar-refractivity contribution < 1.29 is 20.0 Å². The highest BCUT2D eigenvalue weighted by Gasteiger charge is 2.30. The number of nitrogens with zero attached hydrogens (tertiary/aromatic N) is 2. The Kier molecular flexibility index (Phi) is 3.83. The third-order valence-corrected chi connectivity index (χ3v) is 2.16. The quantitative estimate of drug-likeness (QED) is 0.368. The van der Waals surface area contributed by atoms with Crippen LogP contribution < -0.4 is 5.84 Å². The van der Waals surface area contributed by atoms with Crippen molar-refractivity contribution in [2.45, 2.75) is 12.5 Å². The number of benzene rings is 1. The van der Waals surface area contributed by atoms with E-state index in [0.29, 0.717) is 5.56 Å². The topological polar surface area (TPSA) is 130 Å². The van der Waals surface area contributed by atoms with E-state index in [1.807, 2.05) is 0 Å². The number of nitro groups is 1. The van der Waals surface area contributed by atoms with E-state index < -0.39 is 17.0 Å². The van der Waals surface area contributed by atoms with Crippen molar-refractivity contribution in [3.8, 4) is 5.75 Å². The van der Waals surface area contributed by atoms with E-state index in [9.17, 15) is 14.9 Å². The number of hydrogen-bond donors (Lipinski definition) is 3. The molecule has 1 aromatic rings. The van der Waals surface area contributed by atoms with Crippen LogP contribution in [-0.4, -0.2) is 32.4 Å². The smallest absolute Gasteiger partial charge is 0.334 e. The van der Waals surface area contributed by atoms with Crippen molar-refractivity contribution in [2.24, 2.45) is 5.84 Å². The molecule has 0 amide bonds. The summed E-state index contributed by atoms with van der Waals surface area (Å²) >= 11 is 0. The van der Waals surface area contributed by atoms with Crippen LogP contribution in [0.4, 0.5) is 0 Å². The predicted molar refractivity (Wildman–Crippen MR) is 56.3 cm³/mol. The van der Waals surface area contributed by atoms with Gasteiger partial charge < -0.3 is 10.2 Å². The number of hydrazine groups is 2. The number of rotatable bonds is 5. The lowest BCUT2D eigenvalue weighted by Gasteiger charge is -2.16. The minimum Gasteiger partial charge on any atom is -0.508 e. The summed E-state index contributed by atoms with van der Waals surface area (Å²) in [5.74, 6) is 3.68. The molecule has 0 unspecified atom stereocenters. The summed E-state index contributed by atoms with van der Waals surface area (Å²) in [6.45, 7) is 0. The van der Waals surface area contributed by atoms with Crippen LogP contribution in [-0.2, 0) is 11.2 Å². The largest absolute Gasteiger partial charge is 0.508 e. The molecule has 0 saturated heterocycles. The predicted octanol–water partition coefficient (Wildman–Crippen LogP) is -0.245. The van der Waals surface area contributed by atoms with Gasteiger partial charge in [0.2, 0.25) is 6.04 Å². The molecule has 0 spiro atoms. The summed E-state index contributed by atoms with van der Waals surface area (Å²) in [7, 11) is 0. The van der Waals surface area contributed by atoms with Gasteiger partial charge >= 0.3 is 5.97 Å². The Bertz CT molecular complexity index is 419. The molecule has 0 bridgehead atoms. The van der Waals surface area contributed by atoms with Gasteiger partial charge in [-0.15, -0.1) is 0 Å². The minimum atomic E-state index is -1.46. The van der Waals surface area contributed by atoms with E-state index in [1.54, 1.807) is 0 Å². The summed E-state index contributed by atoms with van der Waals surface area (Å²) in [5, 5.41) is 27.3. The summed E-state index contributed by atoms with van der Waals surface area (Å²) in [6, 6.07) is 4.20. The van der Waals surface area contributed by atoms with Crippen molar-refractivity contribution in [3.05, 3.63) is 39.9 Å². The second-order valence-corrected chi connectivity index (χ2v) is 3.34. The van der Waals surface area contributed by atoms with E-state index >= 15 is 0 Å². The van der Waals surface area contributed by atoms with Gasteiger partial charge in [-0.2, -0.15) is 5.84 Å². The van der Waals surface area contributed by atoms with Gasteiger partial charge in [0.05, 0.1) is 0 Å². The molecular formula is C9H11N3O5. The summed E-state index contributed by atoms with van der Waals surface area (Å²) < 4.78 is 0. The van der Waals surface area contributed by atoms with Crippen molar-refractivity contribution >= 4 is 5.97 Å². The van der Waals surface area contributed by atoms with Gasteiger partial charge in [-0.1, -0.05) is 12.1 Å². The number of aromatic hydroxyl groups is 1.